The number of hydrogen-bond donors (Lipinski definition) is 1. The van der Waals surface area contributed by atoms with E-state index in [1.165, 1.54) is 4.90 Å². The molecular weight excluding hydrogens is 324 g/mol. The number of aryl methyl sites for hydroxylation is 1. The number of phenols is 1. The zero-order valence-corrected chi connectivity index (χ0v) is 14.6. The fraction of sp³-hybridized carbons (Fsp3) is 0.222. The lowest BCUT2D eigenvalue weighted by molar-refractivity contribution is -0.122. The second kappa shape index (κ2) is 6.20. The standard InChI is InChI=1S/C18H18N2O3S/c1-4-19-17(22)16(24-18(19)23)10-13-9-11(2)20(12(13)3)14-5-7-15(21)8-6-14/h5-10,21H,4H2,1-3H3. The first-order chi connectivity index (χ1) is 11.4. The minimum absolute atomic E-state index is 0.217. The van der Waals surface area contributed by atoms with Gasteiger partial charge in [-0.05, 0) is 74.5 Å². The van der Waals surface area contributed by atoms with Crippen LogP contribution in [0.25, 0.3) is 11.8 Å². The van der Waals surface area contributed by atoms with Gasteiger partial charge in [-0.3, -0.25) is 14.5 Å². The monoisotopic (exact) mass is 342 g/mol. The van der Waals surface area contributed by atoms with Crippen LogP contribution in [0.2, 0.25) is 0 Å². The molecule has 1 aliphatic heterocycles. The van der Waals surface area contributed by atoms with Gasteiger partial charge in [0.1, 0.15) is 5.75 Å². The molecule has 0 spiro atoms. The Labute approximate surface area is 144 Å². The number of nitrogens with zero attached hydrogens (tertiary/aromatic N) is 2. The number of carbonyl (C=O) groups is 2. The van der Waals surface area contributed by atoms with Gasteiger partial charge in [-0.1, -0.05) is 0 Å². The summed E-state index contributed by atoms with van der Waals surface area (Å²) in [5.41, 5.74) is 3.83. The summed E-state index contributed by atoms with van der Waals surface area (Å²) >= 11 is 0.979. The molecule has 3 rings (SSSR count). The van der Waals surface area contributed by atoms with Crippen LogP contribution in [0.1, 0.15) is 23.9 Å². The van der Waals surface area contributed by atoms with E-state index in [9.17, 15) is 14.7 Å². The third-order valence-corrected chi connectivity index (χ3v) is 4.96. The first kappa shape index (κ1) is 16.4. The van der Waals surface area contributed by atoms with E-state index in [0.29, 0.717) is 11.4 Å². The summed E-state index contributed by atoms with van der Waals surface area (Å²) in [5, 5.41) is 9.22. The van der Waals surface area contributed by atoms with Gasteiger partial charge in [0.15, 0.2) is 0 Å². The first-order valence-electron chi connectivity index (χ1n) is 7.66. The number of imide groups is 1. The van der Waals surface area contributed by atoms with Crippen LogP contribution in [-0.2, 0) is 4.79 Å². The molecule has 124 valence electrons. The molecule has 2 aromatic rings. The summed E-state index contributed by atoms with van der Waals surface area (Å²) in [4.78, 5) is 25.8. The molecule has 24 heavy (non-hydrogen) atoms. The number of carbonyl (C=O) groups excluding carboxylic acids is 2. The third kappa shape index (κ3) is 2.73. The molecule has 1 fully saturated rings. The van der Waals surface area contributed by atoms with Crippen molar-refractivity contribution in [2.24, 2.45) is 0 Å². The maximum Gasteiger partial charge on any atom is 0.293 e. The summed E-state index contributed by atoms with van der Waals surface area (Å²) in [7, 11) is 0. The number of phenolic OH excluding ortho intramolecular Hbond substituents is 1. The molecule has 6 heteroatoms. The number of aromatic nitrogens is 1. The number of thioether (sulfide) groups is 1. The van der Waals surface area contributed by atoms with Gasteiger partial charge >= 0.3 is 0 Å². The topological polar surface area (TPSA) is 62.5 Å². The SMILES string of the molecule is CCN1C(=O)SC(=Cc2cc(C)n(-c3ccc(O)cc3)c2C)C1=O. The number of amides is 2. The normalized spacial score (nSPS) is 16.5. The Morgan fingerprint density at radius 3 is 2.42 bits per heavy atom. The molecular formula is C18H18N2O3S. The average molecular weight is 342 g/mol. The van der Waals surface area contributed by atoms with Gasteiger partial charge in [0.25, 0.3) is 11.1 Å². The van der Waals surface area contributed by atoms with Crippen LogP contribution in [0.15, 0.2) is 35.2 Å². The molecule has 0 saturated carbocycles. The van der Waals surface area contributed by atoms with Crippen LogP contribution in [0.4, 0.5) is 4.79 Å². The van der Waals surface area contributed by atoms with E-state index in [1.807, 2.05) is 32.0 Å². The van der Waals surface area contributed by atoms with E-state index in [2.05, 4.69) is 4.57 Å². The van der Waals surface area contributed by atoms with Crippen molar-refractivity contribution in [2.75, 3.05) is 6.54 Å². The largest absolute Gasteiger partial charge is 0.508 e. The van der Waals surface area contributed by atoms with Gasteiger partial charge in [0, 0.05) is 23.6 Å². The Hall–Kier alpha value is -2.47. The molecule has 0 radical (unpaired) electrons. The van der Waals surface area contributed by atoms with Crippen molar-refractivity contribution in [2.45, 2.75) is 20.8 Å². The maximum absolute atomic E-state index is 12.2. The molecule has 5 nitrogen and oxygen atoms in total. The smallest absolute Gasteiger partial charge is 0.293 e. The summed E-state index contributed by atoms with van der Waals surface area (Å²) in [6.07, 6.45) is 1.78. The van der Waals surface area contributed by atoms with Crippen LogP contribution in [0.3, 0.4) is 0 Å². The second-order valence-electron chi connectivity index (χ2n) is 5.60. The second-order valence-corrected chi connectivity index (χ2v) is 6.60. The lowest BCUT2D eigenvalue weighted by Crippen LogP contribution is -2.27. The number of hydrogen-bond acceptors (Lipinski definition) is 4. The van der Waals surface area contributed by atoms with Gasteiger partial charge in [-0.2, -0.15) is 0 Å². The van der Waals surface area contributed by atoms with E-state index in [4.69, 9.17) is 0 Å². The van der Waals surface area contributed by atoms with Gasteiger partial charge in [-0.25, -0.2) is 0 Å². The molecule has 1 saturated heterocycles. The highest BCUT2D eigenvalue weighted by Crippen LogP contribution is 2.33. The molecule has 1 aliphatic rings. The van der Waals surface area contributed by atoms with Gasteiger partial charge in [-0.15, -0.1) is 0 Å². The van der Waals surface area contributed by atoms with Gasteiger partial charge in [0.05, 0.1) is 4.91 Å². The summed E-state index contributed by atoms with van der Waals surface area (Å²) in [6.45, 7) is 6.12. The van der Waals surface area contributed by atoms with Crippen molar-refractivity contribution in [3.05, 3.63) is 52.2 Å². The zero-order valence-electron chi connectivity index (χ0n) is 13.7. The highest BCUT2D eigenvalue weighted by atomic mass is 32.2. The van der Waals surface area contributed by atoms with Crippen LogP contribution in [-0.4, -0.2) is 32.3 Å². The molecule has 1 N–H and O–H groups in total. The molecule has 2 heterocycles. The van der Waals surface area contributed by atoms with E-state index < -0.39 is 0 Å². The van der Waals surface area contributed by atoms with Crippen LogP contribution in [0, 0.1) is 13.8 Å². The Kier molecular flexibility index (Phi) is 4.24. The van der Waals surface area contributed by atoms with E-state index in [-0.39, 0.29) is 16.9 Å². The Balaban J connectivity index is 2.01. The number of aromatic hydroxyl groups is 1. The highest BCUT2D eigenvalue weighted by Gasteiger charge is 2.33. The quantitative estimate of drug-likeness (QED) is 0.861. The molecule has 0 aliphatic carbocycles. The van der Waals surface area contributed by atoms with Crippen molar-refractivity contribution in [1.82, 2.24) is 9.47 Å². The minimum Gasteiger partial charge on any atom is -0.508 e. The predicted octanol–water partition coefficient (Wildman–Crippen LogP) is 3.86. The maximum atomic E-state index is 12.2. The lowest BCUT2D eigenvalue weighted by atomic mass is 10.2. The number of benzene rings is 1. The van der Waals surface area contributed by atoms with Crippen LogP contribution in [0.5, 0.6) is 5.75 Å². The Bertz CT molecular complexity index is 850. The summed E-state index contributed by atoms with van der Waals surface area (Å²) < 4.78 is 2.05. The Morgan fingerprint density at radius 1 is 1.17 bits per heavy atom. The Morgan fingerprint density at radius 2 is 1.83 bits per heavy atom. The molecule has 1 aromatic heterocycles. The number of rotatable bonds is 3. The number of likely N-dealkylation sites (N-methyl/N-ethyl adjacent to an activating group) is 1. The minimum atomic E-state index is -0.234. The third-order valence-electron chi connectivity index (χ3n) is 4.05. The van der Waals surface area contributed by atoms with Gasteiger partial charge in [0.2, 0.25) is 0 Å². The van der Waals surface area contributed by atoms with Crippen molar-refractivity contribution in [1.29, 1.82) is 0 Å². The zero-order chi connectivity index (χ0) is 17.4. The van der Waals surface area contributed by atoms with Crippen molar-refractivity contribution < 1.29 is 14.7 Å². The summed E-state index contributed by atoms with van der Waals surface area (Å²) in [5.74, 6) is -0.0170. The van der Waals surface area contributed by atoms with Crippen molar-refractivity contribution >= 4 is 29.0 Å². The van der Waals surface area contributed by atoms with Crippen LogP contribution < -0.4 is 0 Å². The molecule has 2 amide bonds. The lowest BCUT2D eigenvalue weighted by Gasteiger charge is -2.09. The molecule has 0 unspecified atom stereocenters. The fourth-order valence-corrected chi connectivity index (χ4v) is 3.74. The molecule has 0 atom stereocenters. The average Bonchev–Trinajstić information content (AvgIpc) is 2.97. The highest BCUT2D eigenvalue weighted by molar-refractivity contribution is 8.18. The van der Waals surface area contributed by atoms with E-state index in [0.717, 1.165) is 34.4 Å². The van der Waals surface area contributed by atoms with E-state index >= 15 is 0 Å². The van der Waals surface area contributed by atoms with E-state index in [1.54, 1.807) is 25.1 Å². The molecule has 1 aromatic carbocycles. The summed E-state index contributed by atoms with van der Waals surface area (Å²) in [6, 6.07) is 8.94. The first-order valence-corrected chi connectivity index (χ1v) is 8.47. The van der Waals surface area contributed by atoms with Crippen molar-refractivity contribution in [3.63, 3.8) is 0 Å². The molecule has 0 bridgehead atoms. The fourth-order valence-electron chi connectivity index (χ4n) is 2.85. The van der Waals surface area contributed by atoms with Crippen LogP contribution >= 0.6 is 11.8 Å². The van der Waals surface area contributed by atoms with Gasteiger partial charge < -0.3 is 9.67 Å². The predicted molar refractivity (Wildman–Crippen MR) is 95.3 cm³/mol. The van der Waals surface area contributed by atoms with Crippen molar-refractivity contribution in [3.8, 4) is 11.4 Å².